The molecule has 3 amide bonds. The Morgan fingerprint density at radius 2 is 1.68 bits per heavy atom. The van der Waals surface area contributed by atoms with Gasteiger partial charge in [0.1, 0.15) is 6.04 Å². The molecule has 0 aromatic heterocycles. The third-order valence-electron chi connectivity index (χ3n) is 4.66. The van der Waals surface area contributed by atoms with Crippen molar-refractivity contribution in [3.8, 4) is 0 Å². The number of carbonyl (C=O) groups excluding carboxylic acids is 3. The van der Waals surface area contributed by atoms with Crippen molar-refractivity contribution >= 4 is 45.6 Å². The van der Waals surface area contributed by atoms with Crippen LogP contribution in [0, 0.1) is 0 Å². The maximum Gasteiger partial charge on any atom is 0.256 e. The van der Waals surface area contributed by atoms with Crippen molar-refractivity contribution in [3.05, 3.63) is 66.7 Å². The Hall–Kier alpha value is -3.67. The summed E-state index contributed by atoms with van der Waals surface area (Å²) < 4.78 is 0. The predicted molar refractivity (Wildman–Crippen MR) is 109 cm³/mol. The summed E-state index contributed by atoms with van der Waals surface area (Å²) in [6.45, 7) is 1.43. The quantitative estimate of drug-likeness (QED) is 0.686. The van der Waals surface area contributed by atoms with Crippen LogP contribution in [0.5, 0.6) is 0 Å². The molecule has 2 N–H and O–H groups in total. The number of benzene rings is 3. The van der Waals surface area contributed by atoms with E-state index in [1.807, 2.05) is 36.4 Å². The number of amides is 3. The summed E-state index contributed by atoms with van der Waals surface area (Å²) in [6.07, 6.45) is 0.0794. The number of anilines is 3. The van der Waals surface area contributed by atoms with Crippen molar-refractivity contribution < 1.29 is 14.4 Å². The van der Waals surface area contributed by atoms with Crippen molar-refractivity contribution in [2.75, 3.05) is 15.5 Å². The van der Waals surface area contributed by atoms with E-state index < -0.39 is 6.04 Å². The topological polar surface area (TPSA) is 78.5 Å². The van der Waals surface area contributed by atoms with Crippen molar-refractivity contribution in [3.63, 3.8) is 0 Å². The maximum atomic E-state index is 12.9. The number of nitrogens with one attached hydrogen (secondary N) is 2. The molecule has 4 rings (SSSR count). The van der Waals surface area contributed by atoms with Gasteiger partial charge in [-0.3, -0.25) is 14.4 Å². The van der Waals surface area contributed by atoms with Crippen molar-refractivity contribution in [2.45, 2.75) is 19.4 Å². The fourth-order valence-electron chi connectivity index (χ4n) is 3.42. The molecule has 1 aliphatic heterocycles. The first-order valence-electron chi connectivity index (χ1n) is 9.01. The molecule has 1 saturated heterocycles. The van der Waals surface area contributed by atoms with Crippen LogP contribution in [-0.2, 0) is 14.4 Å². The van der Waals surface area contributed by atoms with E-state index in [1.165, 1.54) is 11.8 Å². The van der Waals surface area contributed by atoms with E-state index in [1.54, 1.807) is 30.3 Å². The molecule has 1 atom stereocenters. The molecule has 0 aliphatic carbocycles. The largest absolute Gasteiger partial charge is 0.373 e. The fraction of sp³-hybridized carbons (Fsp3) is 0.136. The minimum atomic E-state index is -0.647. The van der Waals surface area contributed by atoms with Gasteiger partial charge in [0.2, 0.25) is 11.8 Å². The first-order valence-corrected chi connectivity index (χ1v) is 9.01. The SMILES string of the molecule is CC(=O)Nc1cccc(NC2CC(=O)N(c3ccc4ccccc4c3)C2=O)c1. The van der Waals surface area contributed by atoms with E-state index in [2.05, 4.69) is 10.6 Å². The van der Waals surface area contributed by atoms with Crippen LogP contribution < -0.4 is 15.5 Å². The van der Waals surface area contributed by atoms with Gasteiger partial charge in [0.25, 0.3) is 5.91 Å². The molecular weight excluding hydrogens is 354 g/mol. The Bertz CT molecular complexity index is 1090. The number of imide groups is 1. The molecule has 1 unspecified atom stereocenters. The van der Waals surface area contributed by atoms with Gasteiger partial charge in [0.05, 0.1) is 12.1 Å². The smallest absolute Gasteiger partial charge is 0.256 e. The van der Waals surface area contributed by atoms with E-state index in [0.717, 1.165) is 10.8 Å². The van der Waals surface area contributed by atoms with Crippen molar-refractivity contribution in [1.82, 2.24) is 0 Å². The average molecular weight is 373 g/mol. The van der Waals surface area contributed by atoms with Gasteiger partial charge in [-0.2, -0.15) is 0 Å². The summed E-state index contributed by atoms with van der Waals surface area (Å²) in [6, 6.07) is 19.8. The summed E-state index contributed by atoms with van der Waals surface area (Å²) in [5.41, 5.74) is 1.86. The molecule has 6 heteroatoms. The van der Waals surface area contributed by atoms with Gasteiger partial charge >= 0.3 is 0 Å². The molecule has 0 radical (unpaired) electrons. The van der Waals surface area contributed by atoms with Crippen LogP contribution in [0.15, 0.2) is 66.7 Å². The minimum Gasteiger partial charge on any atom is -0.373 e. The average Bonchev–Trinajstić information content (AvgIpc) is 2.94. The number of hydrogen-bond donors (Lipinski definition) is 2. The van der Waals surface area contributed by atoms with Crippen LogP contribution >= 0.6 is 0 Å². The lowest BCUT2D eigenvalue weighted by atomic mass is 10.1. The Kier molecular flexibility index (Phi) is 4.53. The second kappa shape index (κ2) is 7.15. The second-order valence-corrected chi connectivity index (χ2v) is 6.76. The minimum absolute atomic E-state index is 0.0794. The Labute approximate surface area is 162 Å². The highest BCUT2D eigenvalue weighted by Gasteiger charge is 2.39. The van der Waals surface area contributed by atoms with Gasteiger partial charge in [-0.1, -0.05) is 36.4 Å². The third kappa shape index (κ3) is 3.44. The molecule has 1 fully saturated rings. The molecule has 140 valence electrons. The molecule has 0 spiro atoms. The zero-order valence-electron chi connectivity index (χ0n) is 15.3. The lowest BCUT2D eigenvalue weighted by Gasteiger charge is -2.17. The highest BCUT2D eigenvalue weighted by Crippen LogP contribution is 2.28. The van der Waals surface area contributed by atoms with Gasteiger partial charge in [0.15, 0.2) is 0 Å². The summed E-state index contributed by atoms with van der Waals surface area (Å²) in [5, 5.41) is 7.83. The van der Waals surface area contributed by atoms with Crippen LogP contribution in [0.25, 0.3) is 10.8 Å². The Morgan fingerprint density at radius 1 is 0.929 bits per heavy atom. The molecule has 3 aromatic rings. The van der Waals surface area contributed by atoms with Gasteiger partial charge in [-0.25, -0.2) is 4.90 Å². The summed E-state index contributed by atoms with van der Waals surface area (Å²) in [4.78, 5) is 37.9. The summed E-state index contributed by atoms with van der Waals surface area (Å²) in [7, 11) is 0. The maximum absolute atomic E-state index is 12.9. The van der Waals surface area contributed by atoms with Gasteiger partial charge in [-0.15, -0.1) is 0 Å². The molecule has 28 heavy (non-hydrogen) atoms. The standard InChI is InChI=1S/C22H19N3O3/c1-14(26)23-17-7-4-8-18(12-17)24-20-13-21(27)25(22(20)28)19-10-9-15-5-2-3-6-16(15)11-19/h2-12,20,24H,13H2,1H3,(H,23,26). The van der Waals surface area contributed by atoms with Gasteiger partial charge in [-0.05, 0) is 41.1 Å². The fourth-order valence-corrected chi connectivity index (χ4v) is 3.42. The van der Waals surface area contributed by atoms with Crippen LogP contribution in [-0.4, -0.2) is 23.8 Å². The lowest BCUT2D eigenvalue weighted by molar-refractivity contribution is -0.121. The zero-order valence-corrected chi connectivity index (χ0v) is 15.3. The zero-order chi connectivity index (χ0) is 19.7. The lowest BCUT2D eigenvalue weighted by Crippen LogP contribution is -2.34. The number of fused-ring (bicyclic) bond motifs is 1. The molecule has 0 bridgehead atoms. The molecular formula is C22H19N3O3. The number of hydrogen-bond acceptors (Lipinski definition) is 4. The van der Waals surface area contributed by atoms with Crippen molar-refractivity contribution in [1.29, 1.82) is 0 Å². The highest BCUT2D eigenvalue weighted by atomic mass is 16.2. The van der Waals surface area contributed by atoms with E-state index in [0.29, 0.717) is 17.1 Å². The van der Waals surface area contributed by atoms with Crippen LogP contribution in [0.1, 0.15) is 13.3 Å². The van der Waals surface area contributed by atoms with E-state index in [9.17, 15) is 14.4 Å². The van der Waals surface area contributed by atoms with E-state index in [-0.39, 0.29) is 24.1 Å². The predicted octanol–water partition coefficient (Wildman–Crippen LogP) is 3.54. The summed E-state index contributed by atoms with van der Waals surface area (Å²) >= 11 is 0. The Morgan fingerprint density at radius 3 is 2.46 bits per heavy atom. The number of nitrogens with zero attached hydrogens (tertiary/aromatic N) is 1. The van der Waals surface area contributed by atoms with E-state index >= 15 is 0 Å². The van der Waals surface area contributed by atoms with Gasteiger partial charge < -0.3 is 10.6 Å². The van der Waals surface area contributed by atoms with E-state index in [4.69, 9.17) is 0 Å². The Balaban J connectivity index is 1.56. The molecule has 3 aromatic carbocycles. The number of rotatable bonds is 4. The molecule has 6 nitrogen and oxygen atoms in total. The second-order valence-electron chi connectivity index (χ2n) is 6.76. The van der Waals surface area contributed by atoms with Crippen LogP contribution in [0.3, 0.4) is 0 Å². The first-order chi connectivity index (χ1) is 13.5. The monoisotopic (exact) mass is 373 g/mol. The normalized spacial score (nSPS) is 16.5. The summed E-state index contributed by atoms with van der Waals surface area (Å²) in [5.74, 6) is -0.701. The van der Waals surface area contributed by atoms with Crippen LogP contribution in [0.2, 0.25) is 0 Å². The number of carbonyl (C=O) groups is 3. The molecule has 1 heterocycles. The third-order valence-corrected chi connectivity index (χ3v) is 4.66. The van der Waals surface area contributed by atoms with Crippen molar-refractivity contribution in [2.24, 2.45) is 0 Å². The van der Waals surface area contributed by atoms with Crippen LogP contribution in [0.4, 0.5) is 17.1 Å². The first kappa shape index (κ1) is 17.7. The molecule has 0 saturated carbocycles. The molecule has 1 aliphatic rings. The van der Waals surface area contributed by atoms with Gasteiger partial charge in [0, 0.05) is 18.3 Å². The highest BCUT2D eigenvalue weighted by molar-refractivity contribution is 6.23.